The van der Waals surface area contributed by atoms with Crippen LogP contribution in [0.25, 0.3) is 10.9 Å². The van der Waals surface area contributed by atoms with E-state index in [4.69, 9.17) is 20.8 Å². The van der Waals surface area contributed by atoms with Crippen molar-refractivity contribution in [1.82, 2.24) is 9.47 Å². The summed E-state index contributed by atoms with van der Waals surface area (Å²) >= 11 is 5.95. The zero-order chi connectivity index (χ0) is 25.2. The number of hydrogen-bond donors (Lipinski definition) is 0. The number of aromatic nitrogens is 1. The lowest BCUT2D eigenvalue weighted by molar-refractivity contribution is 0.0595. The molecule has 2 aromatic carbocycles. The quantitative estimate of drug-likeness (QED) is 0.320. The lowest BCUT2D eigenvalue weighted by atomic mass is 10.1. The van der Waals surface area contributed by atoms with Gasteiger partial charge >= 0.3 is 0 Å². The first kappa shape index (κ1) is 25.8. The maximum atomic E-state index is 13.2. The van der Waals surface area contributed by atoms with Gasteiger partial charge in [-0.15, -0.1) is 0 Å². The molecule has 0 bridgehead atoms. The van der Waals surface area contributed by atoms with E-state index >= 15 is 0 Å². The average molecular weight is 513 g/mol. The van der Waals surface area contributed by atoms with E-state index in [-0.39, 0.29) is 17.0 Å². The van der Waals surface area contributed by atoms with Crippen LogP contribution in [0, 0.1) is 0 Å². The summed E-state index contributed by atoms with van der Waals surface area (Å²) in [6.45, 7) is 14.3. The highest BCUT2D eigenvalue weighted by molar-refractivity contribution is 6.74. The molecule has 3 aromatic rings. The van der Waals surface area contributed by atoms with Gasteiger partial charge in [-0.05, 0) is 66.7 Å². The first-order valence-electron chi connectivity index (χ1n) is 12.5. The maximum Gasteiger partial charge on any atom is 0.253 e. The van der Waals surface area contributed by atoms with Gasteiger partial charge in [0.2, 0.25) is 0 Å². The molecular formula is C28H37ClN2O3Si. The minimum atomic E-state index is -1.76. The molecule has 2 heterocycles. The summed E-state index contributed by atoms with van der Waals surface area (Å²) in [6.07, 6.45) is 3.85. The Morgan fingerprint density at radius 1 is 1.06 bits per heavy atom. The Morgan fingerprint density at radius 2 is 1.74 bits per heavy atom. The minimum absolute atomic E-state index is 0.0888. The molecule has 0 radical (unpaired) electrons. The number of hydrogen-bond acceptors (Lipinski definition) is 3. The van der Waals surface area contributed by atoms with Crippen molar-refractivity contribution in [2.45, 2.75) is 64.4 Å². The molecule has 1 fully saturated rings. The smallest absolute Gasteiger partial charge is 0.253 e. The number of benzene rings is 2. The standard InChI is InChI=1S/C28H37ClN2O3Si/c1-28(2,3)35(4,5)33-19-18-30-15-12-21-20-22(6-11-26(21)30)27(32)31-16-13-25(14-17-31)34-24-9-7-23(29)8-10-24/h6-12,15,20,25H,13-14,16-19H2,1-5H3. The number of ether oxygens (including phenoxy) is 1. The number of halogens is 1. The Bertz CT molecular complexity index is 1160. The van der Waals surface area contributed by atoms with Crippen LogP contribution < -0.4 is 4.74 Å². The second kappa shape index (κ2) is 10.4. The van der Waals surface area contributed by atoms with Gasteiger partial charge in [-0.1, -0.05) is 32.4 Å². The second-order valence-electron chi connectivity index (χ2n) is 11.0. The van der Waals surface area contributed by atoms with Crippen LogP contribution in [0.2, 0.25) is 23.2 Å². The summed E-state index contributed by atoms with van der Waals surface area (Å²) in [5, 5.41) is 1.99. The molecule has 35 heavy (non-hydrogen) atoms. The van der Waals surface area contributed by atoms with Crippen LogP contribution in [0.15, 0.2) is 54.7 Å². The van der Waals surface area contributed by atoms with Crippen molar-refractivity contribution in [2.24, 2.45) is 0 Å². The molecule has 1 aromatic heterocycles. The number of carbonyl (C=O) groups is 1. The van der Waals surface area contributed by atoms with Crippen molar-refractivity contribution in [3.05, 3.63) is 65.3 Å². The first-order chi connectivity index (χ1) is 16.5. The lowest BCUT2D eigenvalue weighted by Gasteiger charge is -2.36. The highest BCUT2D eigenvalue weighted by atomic mass is 35.5. The summed E-state index contributed by atoms with van der Waals surface area (Å²) in [7, 11) is -1.76. The Labute approximate surface area is 215 Å². The van der Waals surface area contributed by atoms with E-state index in [2.05, 4.69) is 56.8 Å². The fourth-order valence-electron chi connectivity index (χ4n) is 4.21. The summed E-state index contributed by atoms with van der Waals surface area (Å²) in [5.74, 6) is 0.912. The number of fused-ring (bicyclic) bond motifs is 1. The Hall–Kier alpha value is -2.28. The zero-order valence-electron chi connectivity index (χ0n) is 21.5. The van der Waals surface area contributed by atoms with Crippen LogP contribution in [0.4, 0.5) is 0 Å². The van der Waals surface area contributed by atoms with E-state index in [1.807, 2.05) is 41.3 Å². The number of nitrogens with zero attached hydrogens (tertiary/aromatic N) is 2. The van der Waals surface area contributed by atoms with Crippen LogP contribution in [0.3, 0.4) is 0 Å². The van der Waals surface area contributed by atoms with Crippen LogP contribution in [-0.4, -0.2) is 49.5 Å². The summed E-state index contributed by atoms with van der Waals surface area (Å²) in [4.78, 5) is 15.1. The van der Waals surface area contributed by atoms with Gasteiger partial charge in [0.1, 0.15) is 11.9 Å². The van der Waals surface area contributed by atoms with Gasteiger partial charge in [0, 0.05) is 60.2 Å². The van der Waals surface area contributed by atoms with Crippen molar-refractivity contribution in [1.29, 1.82) is 0 Å². The van der Waals surface area contributed by atoms with Gasteiger partial charge in [-0.2, -0.15) is 0 Å². The molecule has 4 rings (SSSR count). The van der Waals surface area contributed by atoms with Gasteiger partial charge in [0.15, 0.2) is 8.32 Å². The van der Waals surface area contributed by atoms with Crippen LogP contribution in [-0.2, 0) is 11.0 Å². The normalized spacial score (nSPS) is 15.5. The highest BCUT2D eigenvalue weighted by Gasteiger charge is 2.36. The number of piperidine rings is 1. The van der Waals surface area contributed by atoms with Gasteiger partial charge in [0.25, 0.3) is 5.91 Å². The number of likely N-dealkylation sites (tertiary alicyclic amines) is 1. The van der Waals surface area contributed by atoms with Gasteiger partial charge in [-0.3, -0.25) is 4.79 Å². The highest BCUT2D eigenvalue weighted by Crippen LogP contribution is 2.36. The third kappa shape index (κ3) is 6.11. The summed E-state index contributed by atoms with van der Waals surface area (Å²) in [6, 6.07) is 15.6. The van der Waals surface area contributed by atoms with E-state index in [9.17, 15) is 4.79 Å². The fraction of sp³-hybridized carbons (Fsp3) is 0.464. The lowest BCUT2D eigenvalue weighted by Crippen LogP contribution is -2.41. The monoisotopic (exact) mass is 512 g/mol. The van der Waals surface area contributed by atoms with E-state index < -0.39 is 8.32 Å². The van der Waals surface area contributed by atoms with Crippen LogP contribution >= 0.6 is 11.6 Å². The second-order valence-corrected chi connectivity index (χ2v) is 16.2. The van der Waals surface area contributed by atoms with E-state index in [0.717, 1.165) is 41.6 Å². The van der Waals surface area contributed by atoms with E-state index in [1.54, 1.807) is 0 Å². The van der Waals surface area contributed by atoms with Crippen molar-refractivity contribution >= 4 is 36.7 Å². The molecule has 1 amide bonds. The molecule has 0 aliphatic carbocycles. The summed E-state index contributed by atoms with van der Waals surface area (Å²) in [5.41, 5.74) is 1.88. The topological polar surface area (TPSA) is 43.7 Å². The van der Waals surface area contributed by atoms with Crippen molar-refractivity contribution in [3.63, 3.8) is 0 Å². The van der Waals surface area contributed by atoms with Gasteiger partial charge in [0.05, 0.1) is 6.61 Å². The Kier molecular flexibility index (Phi) is 7.64. The molecule has 1 saturated heterocycles. The van der Waals surface area contributed by atoms with Gasteiger partial charge < -0.3 is 18.6 Å². The molecule has 1 aliphatic heterocycles. The zero-order valence-corrected chi connectivity index (χ0v) is 23.3. The van der Waals surface area contributed by atoms with Crippen molar-refractivity contribution in [3.8, 4) is 5.75 Å². The number of amides is 1. The third-order valence-corrected chi connectivity index (χ3v) is 12.3. The van der Waals surface area contributed by atoms with E-state index in [0.29, 0.717) is 24.7 Å². The maximum absolute atomic E-state index is 13.2. The minimum Gasteiger partial charge on any atom is -0.490 e. The van der Waals surface area contributed by atoms with Crippen molar-refractivity contribution < 1.29 is 14.0 Å². The third-order valence-electron chi connectivity index (χ3n) is 7.46. The molecular weight excluding hydrogens is 476 g/mol. The Morgan fingerprint density at radius 3 is 2.40 bits per heavy atom. The molecule has 1 aliphatic rings. The SMILES string of the molecule is CC(C)(C)[Si](C)(C)OCCn1ccc2cc(C(=O)N3CCC(Oc4ccc(Cl)cc4)CC3)ccc21. The summed E-state index contributed by atoms with van der Waals surface area (Å²) < 4.78 is 14.6. The Balaban J connectivity index is 1.33. The molecule has 188 valence electrons. The molecule has 0 spiro atoms. The molecule has 0 saturated carbocycles. The molecule has 7 heteroatoms. The van der Waals surface area contributed by atoms with Crippen molar-refractivity contribution in [2.75, 3.05) is 19.7 Å². The fourth-order valence-corrected chi connectivity index (χ4v) is 5.37. The molecule has 5 nitrogen and oxygen atoms in total. The first-order valence-corrected chi connectivity index (χ1v) is 15.8. The molecule has 0 N–H and O–H groups in total. The predicted molar refractivity (Wildman–Crippen MR) is 146 cm³/mol. The van der Waals surface area contributed by atoms with E-state index in [1.165, 1.54) is 0 Å². The largest absolute Gasteiger partial charge is 0.490 e. The average Bonchev–Trinajstić information content (AvgIpc) is 3.22. The molecule has 0 unspecified atom stereocenters. The number of rotatable bonds is 7. The van der Waals surface area contributed by atoms with Crippen LogP contribution in [0.5, 0.6) is 5.75 Å². The van der Waals surface area contributed by atoms with Crippen LogP contribution in [0.1, 0.15) is 44.0 Å². The number of carbonyl (C=O) groups excluding carboxylic acids is 1. The predicted octanol–water partition coefficient (Wildman–Crippen LogP) is 7.00. The van der Waals surface area contributed by atoms with Gasteiger partial charge in [-0.25, -0.2) is 0 Å². The molecule has 0 atom stereocenters.